The molecule has 2 rings (SSSR count). The van der Waals surface area contributed by atoms with Crippen LogP contribution in [-0.2, 0) is 4.79 Å². The highest BCUT2D eigenvalue weighted by Gasteiger charge is 2.33. The molecule has 1 aliphatic heterocycles. The maximum absolute atomic E-state index is 12.2. The zero-order valence-corrected chi connectivity index (χ0v) is 13.2. The van der Waals surface area contributed by atoms with E-state index < -0.39 is 5.54 Å². The van der Waals surface area contributed by atoms with E-state index in [-0.39, 0.29) is 5.91 Å². The van der Waals surface area contributed by atoms with Gasteiger partial charge in [-0.1, -0.05) is 25.7 Å². The molecule has 0 aromatic rings. The van der Waals surface area contributed by atoms with Crippen LogP contribution in [0.2, 0.25) is 0 Å². The van der Waals surface area contributed by atoms with Crippen molar-refractivity contribution in [1.29, 1.82) is 5.26 Å². The number of nitriles is 1. The summed E-state index contributed by atoms with van der Waals surface area (Å²) < 4.78 is 0. The van der Waals surface area contributed by atoms with Crippen LogP contribution in [0.15, 0.2) is 0 Å². The highest BCUT2D eigenvalue weighted by Crippen LogP contribution is 2.27. The topological polar surface area (TPSA) is 68.2 Å². The second-order valence-electron chi connectivity index (χ2n) is 6.65. The Balaban J connectivity index is 1.76. The molecule has 2 N–H and O–H groups in total. The van der Waals surface area contributed by atoms with E-state index in [4.69, 9.17) is 0 Å². The first kappa shape index (κ1) is 16.3. The molecule has 1 atom stereocenters. The van der Waals surface area contributed by atoms with Crippen LogP contribution in [0.1, 0.15) is 51.4 Å². The van der Waals surface area contributed by atoms with Gasteiger partial charge in [-0.25, -0.2) is 0 Å². The molecule has 1 unspecified atom stereocenters. The third-order valence-corrected chi connectivity index (χ3v) is 4.66. The molecule has 5 heteroatoms. The first-order valence-electron chi connectivity index (χ1n) is 8.28. The number of amides is 1. The molecule has 0 aromatic carbocycles. The monoisotopic (exact) mass is 292 g/mol. The average molecular weight is 292 g/mol. The van der Waals surface area contributed by atoms with Crippen LogP contribution in [-0.4, -0.2) is 49.1 Å². The number of hydrogen-bond acceptors (Lipinski definition) is 4. The Morgan fingerprint density at radius 2 is 2.10 bits per heavy atom. The Morgan fingerprint density at radius 3 is 2.71 bits per heavy atom. The number of piperidine rings is 1. The molecule has 0 spiro atoms. The van der Waals surface area contributed by atoms with Crippen molar-refractivity contribution < 1.29 is 4.79 Å². The first-order chi connectivity index (χ1) is 10.1. The lowest BCUT2D eigenvalue weighted by Gasteiger charge is -2.33. The van der Waals surface area contributed by atoms with E-state index in [1.54, 1.807) is 0 Å². The Kier molecular flexibility index (Phi) is 6.01. The van der Waals surface area contributed by atoms with Crippen LogP contribution in [0.25, 0.3) is 0 Å². The summed E-state index contributed by atoms with van der Waals surface area (Å²) in [5.41, 5.74) is -0.612. The van der Waals surface area contributed by atoms with E-state index >= 15 is 0 Å². The van der Waals surface area contributed by atoms with Crippen LogP contribution in [0.4, 0.5) is 0 Å². The van der Waals surface area contributed by atoms with Gasteiger partial charge in [-0.3, -0.25) is 9.69 Å². The van der Waals surface area contributed by atoms with Crippen LogP contribution >= 0.6 is 0 Å². The Hall–Kier alpha value is -1.12. The summed E-state index contributed by atoms with van der Waals surface area (Å²) in [6.07, 6.45) is 8.55. The second kappa shape index (κ2) is 7.77. The van der Waals surface area contributed by atoms with Crippen LogP contribution in [0.5, 0.6) is 0 Å². The molecule has 1 heterocycles. The third kappa shape index (κ3) is 4.98. The highest BCUT2D eigenvalue weighted by atomic mass is 16.2. The van der Waals surface area contributed by atoms with Gasteiger partial charge < -0.3 is 10.6 Å². The van der Waals surface area contributed by atoms with Gasteiger partial charge in [0.2, 0.25) is 5.91 Å². The molecule has 0 radical (unpaired) electrons. The molecule has 1 saturated carbocycles. The summed E-state index contributed by atoms with van der Waals surface area (Å²) in [5.74, 6) is -0.0169. The SMILES string of the molecule is CN(CC(=O)NC1(C#N)CCCCC1)CC1CCCCN1. The van der Waals surface area contributed by atoms with Gasteiger partial charge in [0.15, 0.2) is 0 Å². The minimum absolute atomic E-state index is 0.0169. The summed E-state index contributed by atoms with van der Waals surface area (Å²) in [6.45, 7) is 2.36. The standard InChI is InChI=1S/C16H28N4O/c1-20(11-14-7-3-6-10-18-14)12-15(21)19-16(13-17)8-4-2-5-9-16/h14,18H,2-12H2,1H3,(H,19,21). The molecule has 0 bridgehead atoms. The first-order valence-corrected chi connectivity index (χ1v) is 8.28. The zero-order chi connectivity index (χ0) is 15.1. The minimum Gasteiger partial charge on any atom is -0.337 e. The number of hydrogen-bond donors (Lipinski definition) is 2. The van der Waals surface area contributed by atoms with Crippen molar-refractivity contribution in [2.75, 3.05) is 26.7 Å². The van der Waals surface area contributed by atoms with Crippen molar-refractivity contribution in [2.24, 2.45) is 0 Å². The summed E-state index contributed by atoms with van der Waals surface area (Å²) in [7, 11) is 1.98. The Labute approximate surface area is 128 Å². The summed E-state index contributed by atoms with van der Waals surface area (Å²) in [6, 6.07) is 2.84. The maximum Gasteiger partial charge on any atom is 0.235 e. The van der Waals surface area contributed by atoms with Crippen molar-refractivity contribution in [3.05, 3.63) is 0 Å². The Morgan fingerprint density at radius 1 is 1.33 bits per heavy atom. The van der Waals surface area contributed by atoms with Gasteiger partial charge >= 0.3 is 0 Å². The molecule has 2 fully saturated rings. The molecule has 1 saturated heterocycles. The fraction of sp³-hybridized carbons (Fsp3) is 0.875. The van der Waals surface area contributed by atoms with Crippen molar-refractivity contribution in [2.45, 2.75) is 62.9 Å². The van der Waals surface area contributed by atoms with Crippen molar-refractivity contribution >= 4 is 5.91 Å². The normalized spacial score (nSPS) is 25.3. The predicted octanol–water partition coefficient (Wildman–Crippen LogP) is 1.40. The average Bonchev–Trinajstić information content (AvgIpc) is 2.48. The van der Waals surface area contributed by atoms with Crippen molar-refractivity contribution in [1.82, 2.24) is 15.5 Å². The van der Waals surface area contributed by atoms with E-state index in [1.807, 2.05) is 7.05 Å². The van der Waals surface area contributed by atoms with E-state index in [2.05, 4.69) is 21.6 Å². The molecular formula is C16H28N4O. The maximum atomic E-state index is 12.2. The molecule has 2 aliphatic rings. The molecule has 0 aromatic heterocycles. The van der Waals surface area contributed by atoms with Crippen molar-refractivity contribution in [3.63, 3.8) is 0 Å². The summed E-state index contributed by atoms with van der Waals surface area (Å²) in [4.78, 5) is 14.3. The van der Waals surface area contributed by atoms with Crippen molar-refractivity contribution in [3.8, 4) is 6.07 Å². The number of nitrogens with zero attached hydrogens (tertiary/aromatic N) is 2. The lowest BCUT2D eigenvalue weighted by atomic mass is 9.83. The number of nitrogens with one attached hydrogen (secondary N) is 2. The largest absolute Gasteiger partial charge is 0.337 e. The molecule has 21 heavy (non-hydrogen) atoms. The lowest BCUT2D eigenvalue weighted by molar-refractivity contribution is -0.123. The van der Waals surface area contributed by atoms with Crippen LogP contribution in [0, 0.1) is 11.3 Å². The quantitative estimate of drug-likeness (QED) is 0.804. The van der Waals surface area contributed by atoms with Crippen LogP contribution < -0.4 is 10.6 Å². The number of likely N-dealkylation sites (N-methyl/N-ethyl adjacent to an activating group) is 1. The van der Waals surface area contributed by atoms with E-state index in [0.29, 0.717) is 12.6 Å². The summed E-state index contributed by atoms with van der Waals surface area (Å²) in [5, 5.41) is 15.9. The molecule has 1 amide bonds. The fourth-order valence-corrected chi connectivity index (χ4v) is 3.49. The third-order valence-electron chi connectivity index (χ3n) is 4.66. The number of rotatable bonds is 5. The molecule has 5 nitrogen and oxygen atoms in total. The van der Waals surface area contributed by atoms with E-state index in [1.165, 1.54) is 25.7 Å². The van der Waals surface area contributed by atoms with Gasteiger partial charge in [0.1, 0.15) is 5.54 Å². The Bertz CT molecular complexity index is 378. The molecular weight excluding hydrogens is 264 g/mol. The van der Waals surface area contributed by atoms with Gasteiger partial charge in [-0.15, -0.1) is 0 Å². The van der Waals surface area contributed by atoms with Crippen LogP contribution in [0.3, 0.4) is 0 Å². The second-order valence-corrected chi connectivity index (χ2v) is 6.65. The van der Waals surface area contributed by atoms with Gasteiger partial charge in [0.25, 0.3) is 0 Å². The van der Waals surface area contributed by atoms with E-state index in [9.17, 15) is 10.1 Å². The van der Waals surface area contributed by atoms with E-state index in [0.717, 1.165) is 38.8 Å². The van der Waals surface area contributed by atoms with Gasteiger partial charge in [-0.05, 0) is 39.3 Å². The molecule has 118 valence electrons. The molecule has 1 aliphatic carbocycles. The van der Waals surface area contributed by atoms with Gasteiger partial charge in [0, 0.05) is 12.6 Å². The number of carbonyl (C=O) groups excluding carboxylic acids is 1. The smallest absolute Gasteiger partial charge is 0.235 e. The minimum atomic E-state index is -0.612. The number of carbonyl (C=O) groups is 1. The highest BCUT2D eigenvalue weighted by molar-refractivity contribution is 5.79. The summed E-state index contributed by atoms with van der Waals surface area (Å²) >= 11 is 0. The lowest BCUT2D eigenvalue weighted by Crippen LogP contribution is -2.52. The van der Waals surface area contributed by atoms with Gasteiger partial charge in [-0.2, -0.15) is 5.26 Å². The zero-order valence-electron chi connectivity index (χ0n) is 13.2. The fourth-order valence-electron chi connectivity index (χ4n) is 3.49. The van der Waals surface area contributed by atoms with Gasteiger partial charge in [0.05, 0.1) is 12.6 Å². The predicted molar refractivity (Wildman–Crippen MR) is 82.7 cm³/mol.